The van der Waals surface area contributed by atoms with Crippen LogP contribution in [-0.4, -0.2) is 25.8 Å². The maximum absolute atomic E-state index is 12.0. The summed E-state index contributed by atoms with van der Waals surface area (Å²) >= 11 is 3.48. The third-order valence-corrected chi connectivity index (χ3v) is 3.98. The Morgan fingerprint density at radius 1 is 1.28 bits per heavy atom. The first-order valence-corrected chi connectivity index (χ1v) is 8.74. The Hall–Kier alpha value is -2.34. The van der Waals surface area contributed by atoms with Crippen molar-refractivity contribution < 1.29 is 14.3 Å². The number of hydrogen-bond acceptors (Lipinski definition) is 4. The lowest BCUT2D eigenvalue weighted by Crippen LogP contribution is -2.17. The van der Waals surface area contributed by atoms with E-state index in [2.05, 4.69) is 26.5 Å². The van der Waals surface area contributed by atoms with Crippen molar-refractivity contribution in [2.75, 3.05) is 13.7 Å². The summed E-state index contributed by atoms with van der Waals surface area (Å²) < 4.78 is 11.8. The second-order valence-electron chi connectivity index (χ2n) is 5.45. The van der Waals surface area contributed by atoms with E-state index in [1.807, 2.05) is 32.0 Å². The molecule has 0 aliphatic heterocycles. The molecular weight excluding hydrogens is 384 g/mol. The van der Waals surface area contributed by atoms with Crippen LogP contribution < -0.4 is 14.9 Å². The number of methoxy groups -OCH3 is 1. The molecule has 1 amide bonds. The van der Waals surface area contributed by atoms with Crippen molar-refractivity contribution in [1.82, 2.24) is 5.43 Å². The number of amides is 1. The highest BCUT2D eigenvalue weighted by molar-refractivity contribution is 9.10. The molecule has 0 saturated heterocycles. The van der Waals surface area contributed by atoms with E-state index in [9.17, 15) is 4.79 Å². The van der Waals surface area contributed by atoms with Crippen molar-refractivity contribution in [1.29, 1.82) is 0 Å². The smallest absolute Gasteiger partial charge is 0.271 e. The maximum Gasteiger partial charge on any atom is 0.271 e. The summed E-state index contributed by atoms with van der Waals surface area (Å²) in [7, 11) is 1.58. The van der Waals surface area contributed by atoms with Crippen molar-refractivity contribution in [2.24, 2.45) is 5.10 Å². The third kappa shape index (κ3) is 5.32. The number of rotatable bonds is 7. The molecule has 0 unspecified atom stereocenters. The van der Waals surface area contributed by atoms with Crippen molar-refractivity contribution >= 4 is 28.1 Å². The summed E-state index contributed by atoms with van der Waals surface area (Å²) in [5.74, 6) is 1.00. The molecule has 0 fully saturated rings. The Morgan fingerprint density at radius 3 is 2.64 bits per heavy atom. The van der Waals surface area contributed by atoms with Crippen LogP contribution >= 0.6 is 15.9 Å². The van der Waals surface area contributed by atoms with Gasteiger partial charge in [-0.25, -0.2) is 5.43 Å². The van der Waals surface area contributed by atoms with Gasteiger partial charge in [0, 0.05) is 5.56 Å². The van der Waals surface area contributed by atoms with Crippen molar-refractivity contribution in [3.63, 3.8) is 0 Å². The van der Waals surface area contributed by atoms with E-state index in [0.717, 1.165) is 22.0 Å². The lowest BCUT2D eigenvalue weighted by atomic mass is 10.1. The molecule has 5 nitrogen and oxygen atoms in total. The molecular formula is C19H21BrN2O3. The number of halogens is 1. The second-order valence-corrected chi connectivity index (χ2v) is 6.30. The fraction of sp³-hybridized carbons (Fsp3) is 0.263. The van der Waals surface area contributed by atoms with Crippen LogP contribution in [0.1, 0.15) is 34.8 Å². The molecule has 25 heavy (non-hydrogen) atoms. The molecule has 0 atom stereocenters. The minimum absolute atomic E-state index is 0.259. The van der Waals surface area contributed by atoms with Crippen LogP contribution in [0.3, 0.4) is 0 Å². The molecule has 0 aromatic heterocycles. The van der Waals surface area contributed by atoms with Gasteiger partial charge in [-0.15, -0.1) is 0 Å². The van der Waals surface area contributed by atoms with Gasteiger partial charge < -0.3 is 9.47 Å². The van der Waals surface area contributed by atoms with E-state index in [-0.39, 0.29) is 5.91 Å². The first-order chi connectivity index (χ1) is 12.0. The molecule has 0 aliphatic rings. The van der Waals surface area contributed by atoms with Gasteiger partial charge in [0.25, 0.3) is 5.91 Å². The minimum Gasteiger partial charge on any atom is -0.493 e. The number of ether oxygens (including phenoxy) is 2. The highest BCUT2D eigenvalue weighted by atomic mass is 79.9. The third-order valence-electron chi connectivity index (χ3n) is 3.40. The van der Waals surface area contributed by atoms with Gasteiger partial charge in [-0.2, -0.15) is 5.10 Å². The van der Waals surface area contributed by atoms with Crippen LogP contribution in [0.5, 0.6) is 11.5 Å². The van der Waals surface area contributed by atoms with Crippen molar-refractivity contribution in [3.8, 4) is 11.5 Å². The zero-order valence-corrected chi connectivity index (χ0v) is 16.1. The van der Waals surface area contributed by atoms with E-state index < -0.39 is 0 Å². The Balaban J connectivity index is 2.08. The van der Waals surface area contributed by atoms with Crippen LogP contribution in [0.2, 0.25) is 0 Å². The molecule has 2 aromatic rings. The lowest BCUT2D eigenvalue weighted by molar-refractivity contribution is 0.0955. The van der Waals surface area contributed by atoms with Crippen molar-refractivity contribution in [2.45, 2.75) is 20.3 Å². The number of aryl methyl sites for hydroxylation is 1. The highest BCUT2D eigenvalue weighted by Gasteiger charge is 2.11. The number of carbonyl (C=O) groups is 1. The van der Waals surface area contributed by atoms with E-state index in [1.54, 1.807) is 31.5 Å². The number of nitrogens with zero attached hydrogens (tertiary/aromatic N) is 1. The van der Waals surface area contributed by atoms with Crippen LogP contribution in [-0.2, 0) is 0 Å². The summed E-state index contributed by atoms with van der Waals surface area (Å²) in [6.07, 6.45) is 2.47. The summed E-state index contributed by atoms with van der Waals surface area (Å²) in [5.41, 5.74) is 4.95. The van der Waals surface area contributed by atoms with E-state index in [1.165, 1.54) is 0 Å². The van der Waals surface area contributed by atoms with Crippen molar-refractivity contribution in [3.05, 3.63) is 57.6 Å². The molecule has 1 N–H and O–H groups in total. The van der Waals surface area contributed by atoms with Gasteiger partial charge >= 0.3 is 0 Å². The van der Waals surface area contributed by atoms with Gasteiger partial charge in [0.1, 0.15) is 0 Å². The number of carbonyl (C=O) groups excluding carboxylic acids is 1. The van der Waals surface area contributed by atoms with E-state index in [0.29, 0.717) is 23.7 Å². The summed E-state index contributed by atoms with van der Waals surface area (Å²) in [6, 6.07) is 11.0. The van der Waals surface area contributed by atoms with E-state index in [4.69, 9.17) is 9.47 Å². The largest absolute Gasteiger partial charge is 0.493 e. The average molecular weight is 405 g/mol. The van der Waals surface area contributed by atoms with Gasteiger partial charge in [0.05, 0.1) is 24.4 Å². The van der Waals surface area contributed by atoms with E-state index >= 15 is 0 Å². The number of hydrazone groups is 1. The molecule has 0 saturated carbocycles. The zero-order valence-electron chi connectivity index (χ0n) is 14.5. The molecule has 132 valence electrons. The molecule has 6 heteroatoms. The number of hydrogen-bond donors (Lipinski definition) is 1. The minimum atomic E-state index is -0.259. The Kier molecular flexibility index (Phi) is 7.01. The molecule has 2 rings (SSSR count). The van der Waals surface area contributed by atoms with Crippen LogP contribution in [0.15, 0.2) is 46.0 Å². The molecule has 0 spiro atoms. The Morgan fingerprint density at radius 2 is 2.00 bits per heavy atom. The summed E-state index contributed by atoms with van der Waals surface area (Å²) in [4.78, 5) is 12.0. The Bertz CT molecular complexity index is 758. The predicted molar refractivity (Wildman–Crippen MR) is 103 cm³/mol. The van der Waals surface area contributed by atoms with Crippen LogP contribution in [0, 0.1) is 6.92 Å². The average Bonchev–Trinajstić information content (AvgIpc) is 2.61. The van der Waals surface area contributed by atoms with Crippen LogP contribution in [0.4, 0.5) is 0 Å². The van der Waals surface area contributed by atoms with Crippen LogP contribution in [0.25, 0.3) is 0 Å². The van der Waals surface area contributed by atoms with Gasteiger partial charge in [-0.3, -0.25) is 4.79 Å². The van der Waals surface area contributed by atoms with Gasteiger partial charge in [-0.1, -0.05) is 24.6 Å². The first-order valence-electron chi connectivity index (χ1n) is 7.95. The standard InChI is InChI=1S/C19H21BrN2O3/c1-4-9-25-18-16(20)10-14(11-17(18)24-3)12-21-22-19(23)15-7-5-13(2)6-8-15/h5-8,10-12H,4,9H2,1-3H3,(H,22,23)/b21-12-. The number of benzene rings is 2. The first kappa shape index (κ1) is 19.0. The summed E-state index contributed by atoms with van der Waals surface area (Å²) in [5, 5.41) is 4.01. The summed E-state index contributed by atoms with van der Waals surface area (Å²) in [6.45, 7) is 4.62. The Labute approximate surface area is 156 Å². The quantitative estimate of drug-likeness (QED) is 0.552. The number of nitrogens with one attached hydrogen (secondary N) is 1. The SMILES string of the molecule is CCCOc1c(Br)cc(/C=N\NC(=O)c2ccc(C)cc2)cc1OC. The second kappa shape index (κ2) is 9.22. The molecule has 2 aromatic carbocycles. The maximum atomic E-state index is 12.0. The van der Waals surface area contributed by atoms with Gasteiger partial charge in [-0.05, 0) is 59.1 Å². The monoisotopic (exact) mass is 404 g/mol. The molecule has 0 bridgehead atoms. The van der Waals surface area contributed by atoms with Gasteiger partial charge in [0.2, 0.25) is 0 Å². The molecule has 0 radical (unpaired) electrons. The molecule has 0 heterocycles. The topological polar surface area (TPSA) is 59.9 Å². The lowest BCUT2D eigenvalue weighted by Gasteiger charge is -2.12. The fourth-order valence-corrected chi connectivity index (χ4v) is 2.67. The zero-order chi connectivity index (χ0) is 18.2. The van der Waals surface area contributed by atoms with Gasteiger partial charge in [0.15, 0.2) is 11.5 Å². The molecule has 0 aliphatic carbocycles. The predicted octanol–water partition coefficient (Wildman–Crippen LogP) is 4.32. The fourth-order valence-electron chi connectivity index (χ4n) is 2.09. The highest BCUT2D eigenvalue weighted by Crippen LogP contribution is 2.36. The normalized spacial score (nSPS) is 10.7.